The van der Waals surface area contributed by atoms with Crippen molar-refractivity contribution in [2.24, 2.45) is 0 Å². The number of anilines is 2. The number of sulfonamides is 1. The van der Waals surface area contributed by atoms with Crippen LogP contribution in [0, 0.1) is 0 Å². The van der Waals surface area contributed by atoms with E-state index in [4.69, 9.17) is 4.74 Å². The molecule has 1 amide bonds. The number of piperazine rings is 1. The van der Waals surface area contributed by atoms with E-state index in [-0.39, 0.29) is 0 Å². The molecule has 1 aliphatic heterocycles. The molecule has 0 saturated carbocycles. The second-order valence-electron chi connectivity index (χ2n) is 7.76. The average Bonchev–Trinajstić information content (AvgIpc) is 2.86. The van der Waals surface area contributed by atoms with Gasteiger partial charge in [-0.3, -0.25) is 9.59 Å². The third-order valence-corrected chi connectivity index (χ3v) is 6.40. The van der Waals surface area contributed by atoms with E-state index < -0.39 is 35.1 Å². The molecule has 2 aromatic carbocycles. The third-order valence-electron chi connectivity index (χ3n) is 5.36. The summed E-state index contributed by atoms with van der Waals surface area (Å²) in [5, 5.41) is 3.63. The zero-order valence-corrected chi connectivity index (χ0v) is 20.0. The first kappa shape index (κ1) is 25.4. The standard InChI is InChI=1S/C24H30N4O5S/c1-2-27-13-15-28(16-14-27)22-10-8-21(9-11-22)26-23(29)19-33-24(30)18-25-34(31,32)17-12-20-6-4-3-5-7-20/h3-12,17,25H,2,13-16,18-19H2,1H3,(H,26,29)/b17-12+. The number of benzene rings is 2. The van der Waals surface area contributed by atoms with Crippen LogP contribution >= 0.6 is 0 Å². The first-order chi connectivity index (χ1) is 16.3. The number of carbonyl (C=O) groups is 2. The van der Waals surface area contributed by atoms with Crippen molar-refractivity contribution in [3.8, 4) is 0 Å². The quantitative estimate of drug-likeness (QED) is 0.494. The van der Waals surface area contributed by atoms with Gasteiger partial charge < -0.3 is 19.9 Å². The Morgan fingerprint density at radius 3 is 2.32 bits per heavy atom. The highest BCUT2D eigenvalue weighted by Gasteiger charge is 2.16. The number of hydrogen-bond donors (Lipinski definition) is 2. The summed E-state index contributed by atoms with van der Waals surface area (Å²) < 4.78 is 30.9. The average molecular weight is 487 g/mol. The molecular formula is C24H30N4O5S. The summed E-state index contributed by atoms with van der Waals surface area (Å²) in [7, 11) is -3.82. The fourth-order valence-corrected chi connectivity index (χ4v) is 4.16. The normalized spacial score (nSPS) is 14.8. The first-order valence-corrected chi connectivity index (χ1v) is 12.6. The van der Waals surface area contributed by atoms with Crippen LogP contribution in [0.3, 0.4) is 0 Å². The highest BCUT2D eigenvalue weighted by molar-refractivity contribution is 7.92. The molecule has 0 spiro atoms. The van der Waals surface area contributed by atoms with Gasteiger partial charge in [-0.25, -0.2) is 13.1 Å². The summed E-state index contributed by atoms with van der Waals surface area (Å²) in [6.07, 6.45) is 1.41. The monoisotopic (exact) mass is 486 g/mol. The van der Waals surface area contributed by atoms with Gasteiger partial charge in [-0.15, -0.1) is 0 Å². The van der Waals surface area contributed by atoms with Crippen molar-refractivity contribution in [3.63, 3.8) is 0 Å². The molecule has 0 bridgehead atoms. The Hall–Kier alpha value is -3.21. The number of carbonyl (C=O) groups excluding carboxylic acids is 2. The van der Waals surface area contributed by atoms with Crippen molar-refractivity contribution in [1.82, 2.24) is 9.62 Å². The van der Waals surface area contributed by atoms with Crippen molar-refractivity contribution in [1.29, 1.82) is 0 Å². The van der Waals surface area contributed by atoms with Crippen LogP contribution in [0.15, 0.2) is 60.0 Å². The van der Waals surface area contributed by atoms with E-state index in [1.165, 1.54) is 6.08 Å². The number of nitrogens with one attached hydrogen (secondary N) is 2. The maximum Gasteiger partial charge on any atom is 0.321 e. The van der Waals surface area contributed by atoms with Gasteiger partial charge in [-0.1, -0.05) is 37.3 Å². The summed E-state index contributed by atoms with van der Waals surface area (Å²) in [5.74, 6) is -1.36. The minimum atomic E-state index is -3.82. The molecule has 10 heteroatoms. The van der Waals surface area contributed by atoms with Crippen molar-refractivity contribution < 1.29 is 22.7 Å². The second kappa shape index (κ2) is 12.3. The van der Waals surface area contributed by atoms with Gasteiger partial charge in [0.15, 0.2) is 6.61 Å². The van der Waals surface area contributed by atoms with Crippen LogP contribution in [0.2, 0.25) is 0 Å². The number of ether oxygens (including phenoxy) is 1. The van der Waals surface area contributed by atoms with E-state index in [1.54, 1.807) is 36.4 Å². The lowest BCUT2D eigenvalue weighted by Crippen LogP contribution is -2.46. The van der Waals surface area contributed by atoms with Gasteiger partial charge >= 0.3 is 5.97 Å². The Labute approximate surface area is 200 Å². The highest BCUT2D eigenvalue weighted by atomic mass is 32.2. The molecule has 3 rings (SSSR count). The van der Waals surface area contributed by atoms with Gasteiger partial charge in [0.1, 0.15) is 6.54 Å². The fraction of sp³-hybridized carbons (Fsp3) is 0.333. The van der Waals surface area contributed by atoms with E-state index >= 15 is 0 Å². The van der Waals surface area contributed by atoms with Gasteiger partial charge in [-0.2, -0.15) is 0 Å². The van der Waals surface area contributed by atoms with Crippen LogP contribution in [0.1, 0.15) is 12.5 Å². The molecule has 0 unspecified atom stereocenters. The summed E-state index contributed by atoms with van der Waals surface area (Å²) in [5.41, 5.74) is 2.39. The number of esters is 1. The molecule has 0 atom stereocenters. The van der Waals surface area contributed by atoms with Gasteiger partial charge in [0.25, 0.3) is 5.91 Å². The zero-order chi connectivity index (χ0) is 24.4. The molecule has 2 aromatic rings. The molecule has 1 heterocycles. The molecular weight excluding hydrogens is 456 g/mol. The molecule has 182 valence electrons. The maximum atomic E-state index is 12.1. The lowest BCUT2D eigenvalue weighted by atomic mass is 10.2. The van der Waals surface area contributed by atoms with Crippen molar-refractivity contribution in [2.45, 2.75) is 6.92 Å². The topological polar surface area (TPSA) is 108 Å². The number of amides is 1. The number of hydrogen-bond acceptors (Lipinski definition) is 7. The van der Waals surface area contributed by atoms with Crippen LogP contribution < -0.4 is 14.9 Å². The van der Waals surface area contributed by atoms with Gasteiger partial charge in [0, 0.05) is 43.0 Å². The Kier molecular flexibility index (Phi) is 9.20. The summed E-state index contributed by atoms with van der Waals surface area (Å²) in [4.78, 5) is 28.6. The van der Waals surface area contributed by atoms with Crippen molar-refractivity contribution in [3.05, 3.63) is 65.6 Å². The van der Waals surface area contributed by atoms with Crippen LogP contribution in [-0.2, 0) is 24.3 Å². The largest absolute Gasteiger partial charge is 0.455 e. The molecule has 1 fully saturated rings. The van der Waals surface area contributed by atoms with E-state index in [0.717, 1.165) is 43.8 Å². The number of nitrogens with zero attached hydrogens (tertiary/aromatic N) is 2. The Morgan fingerprint density at radius 1 is 1.00 bits per heavy atom. The van der Waals surface area contributed by atoms with Crippen LogP contribution in [0.25, 0.3) is 6.08 Å². The maximum absolute atomic E-state index is 12.1. The molecule has 0 aromatic heterocycles. The third kappa shape index (κ3) is 8.29. The predicted molar refractivity (Wildman–Crippen MR) is 133 cm³/mol. The number of rotatable bonds is 10. The van der Waals surface area contributed by atoms with Crippen molar-refractivity contribution >= 4 is 39.4 Å². The fourth-order valence-electron chi connectivity index (χ4n) is 3.41. The molecule has 0 radical (unpaired) electrons. The lowest BCUT2D eigenvalue weighted by Gasteiger charge is -2.35. The van der Waals surface area contributed by atoms with Gasteiger partial charge in [-0.05, 0) is 42.4 Å². The lowest BCUT2D eigenvalue weighted by molar-refractivity contribution is -0.146. The molecule has 34 heavy (non-hydrogen) atoms. The zero-order valence-electron chi connectivity index (χ0n) is 19.1. The highest BCUT2D eigenvalue weighted by Crippen LogP contribution is 2.19. The van der Waals surface area contributed by atoms with Crippen LogP contribution in [0.4, 0.5) is 11.4 Å². The smallest absolute Gasteiger partial charge is 0.321 e. The molecule has 0 aliphatic carbocycles. The van der Waals surface area contributed by atoms with Crippen LogP contribution in [0.5, 0.6) is 0 Å². The number of likely N-dealkylation sites (N-methyl/N-ethyl adjacent to an activating group) is 1. The molecule has 1 aliphatic rings. The minimum Gasteiger partial charge on any atom is -0.455 e. The van der Waals surface area contributed by atoms with E-state index in [0.29, 0.717) is 11.3 Å². The second-order valence-corrected chi connectivity index (χ2v) is 9.41. The Bertz CT molecular complexity index is 1080. The molecule has 9 nitrogen and oxygen atoms in total. The summed E-state index contributed by atoms with van der Waals surface area (Å²) in [6.45, 7) is 6.10. The first-order valence-electron chi connectivity index (χ1n) is 11.1. The summed E-state index contributed by atoms with van der Waals surface area (Å²) >= 11 is 0. The van der Waals surface area contributed by atoms with Gasteiger partial charge in [0.05, 0.1) is 0 Å². The Balaban J connectivity index is 1.38. The van der Waals surface area contributed by atoms with E-state index in [9.17, 15) is 18.0 Å². The minimum absolute atomic E-state index is 0.510. The van der Waals surface area contributed by atoms with Crippen LogP contribution in [-0.4, -0.2) is 71.1 Å². The predicted octanol–water partition coefficient (Wildman–Crippen LogP) is 1.90. The van der Waals surface area contributed by atoms with Crippen molar-refractivity contribution in [2.75, 3.05) is 56.1 Å². The SMILES string of the molecule is CCN1CCN(c2ccc(NC(=O)COC(=O)CNS(=O)(=O)/C=C/c3ccccc3)cc2)CC1. The Morgan fingerprint density at radius 2 is 1.68 bits per heavy atom. The molecule has 1 saturated heterocycles. The molecule has 2 N–H and O–H groups in total. The van der Waals surface area contributed by atoms with Gasteiger partial charge in [0.2, 0.25) is 10.0 Å². The van der Waals surface area contributed by atoms with E-state index in [2.05, 4.69) is 26.8 Å². The summed E-state index contributed by atoms with van der Waals surface area (Å²) in [6, 6.07) is 16.4. The van der Waals surface area contributed by atoms with E-state index in [1.807, 2.05) is 18.2 Å².